The van der Waals surface area contributed by atoms with Crippen LogP contribution >= 0.6 is 11.8 Å². The molecule has 1 aromatic heterocycles. The third-order valence-corrected chi connectivity index (χ3v) is 6.03. The fourth-order valence-electron chi connectivity index (χ4n) is 3.43. The van der Waals surface area contributed by atoms with E-state index in [1.54, 1.807) is 4.90 Å². The molecule has 6 atom stereocenters. The predicted molar refractivity (Wildman–Crippen MR) is 95.2 cm³/mol. The van der Waals surface area contributed by atoms with Gasteiger partial charge in [-0.1, -0.05) is 18.7 Å². The van der Waals surface area contributed by atoms with E-state index in [9.17, 15) is 15.0 Å². The van der Waals surface area contributed by atoms with Crippen LogP contribution in [0.3, 0.4) is 0 Å². The molecular weight excluding hydrogens is 346 g/mol. The summed E-state index contributed by atoms with van der Waals surface area (Å²) < 4.78 is 6.11. The van der Waals surface area contributed by atoms with Crippen LogP contribution in [0, 0.1) is 5.92 Å². The van der Waals surface area contributed by atoms with Crippen molar-refractivity contribution < 1.29 is 14.9 Å². The Bertz CT molecular complexity index is 686. The lowest BCUT2D eigenvalue weighted by atomic mass is 9.93. The molecule has 3 heterocycles. The summed E-state index contributed by atoms with van der Waals surface area (Å²) in [7, 11) is 1.86. The summed E-state index contributed by atoms with van der Waals surface area (Å²) in [6, 6.07) is 0.0830. The van der Waals surface area contributed by atoms with Gasteiger partial charge >= 0.3 is 0 Å². The van der Waals surface area contributed by atoms with Gasteiger partial charge in [0.15, 0.2) is 11.4 Å². The molecule has 0 aliphatic carbocycles. The van der Waals surface area contributed by atoms with Crippen LogP contribution < -0.4 is 21.5 Å². The first-order valence-corrected chi connectivity index (χ1v) is 9.29. The Hall–Kier alpha value is -1.33. The summed E-state index contributed by atoms with van der Waals surface area (Å²) >= 11 is 1.01. The first-order valence-electron chi connectivity index (χ1n) is 8.41. The number of aliphatic hydroxyl groups is 2. The number of rotatable bonds is 5. The normalized spacial score (nSPS) is 31.2. The zero-order valence-electron chi connectivity index (χ0n) is 14.5. The standard InChI is InChI=1S/C15H25N5O4S/c1-4-8(21)9-5-7(6(2)17-3)13(24-9)20-11-10(25-15(20)23)12(22)19-14(16)18-11/h6-9,13,15,17,21,23H,4-5H2,1-3H3,(H3,16,18,19,22)/t6-,7+,8+,9?,13-,15?/m1/s1. The molecule has 1 aromatic rings. The van der Waals surface area contributed by atoms with E-state index in [2.05, 4.69) is 15.3 Å². The molecule has 0 amide bonds. The molecule has 25 heavy (non-hydrogen) atoms. The number of thioether (sulfide) groups is 1. The number of nitrogens with two attached hydrogens (primary N) is 1. The van der Waals surface area contributed by atoms with Gasteiger partial charge in [-0.05, 0) is 26.8 Å². The van der Waals surface area contributed by atoms with Crippen molar-refractivity contribution in [2.45, 2.75) is 61.6 Å². The fourth-order valence-corrected chi connectivity index (χ4v) is 4.39. The number of nitrogens with zero attached hydrogens (tertiary/aromatic N) is 2. The Morgan fingerprint density at radius 1 is 1.60 bits per heavy atom. The van der Waals surface area contributed by atoms with Crippen LogP contribution in [0.2, 0.25) is 0 Å². The van der Waals surface area contributed by atoms with E-state index in [1.807, 2.05) is 20.9 Å². The quantitative estimate of drug-likeness (QED) is 0.470. The summed E-state index contributed by atoms with van der Waals surface area (Å²) in [5, 5.41) is 24.0. The molecule has 1 saturated heterocycles. The number of aliphatic hydroxyl groups excluding tert-OH is 2. The van der Waals surface area contributed by atoms with Gasteiger partial charge < -0.3 is 26.0 Å². The number of H-pyrrole nitrogens is 1. The molecule has 0 bridgehead atoms. The molecule has 0 saturated carbocycles. The van der Waals surface area contributed by atoms with E-state index in [4.69, 9.17) is 10.5 Å². The van der Waals surface area contributed by atoms with Crippen LogP contribution in [-0.4, -0.2) is 57.3 Å². The lowest BCUT2D eigenvalue weighted by Gasteiger charge is -2.34. The molecule has 0 aromatic carbocycles. The highest BCUT2D eigenvalue weighted by atomic mass is 32.2. The van der Waals surface area contributed by atoms with Gasteiger partial charge in [0.05, 0.1) is 12.2 Å². The van der Waals surface area contributed by atoms with Gasteiger partial charge in [0.1, 0.15) is 11.1 Å². The third kappa shape index (κ3) is 3.24. The molecule has 6 N–H and O–H groups in total. The van der Waals surface area contributed by atoms with E-state index in [-0.39, 0.29) is 29.6 Å². The second kappa shape index (κ2) is 7.12. The Labute approximate surface area is 150 Å². The summed E-state index contributed by atoms with van der Waals surface area (Å²) in [5.74, 6) is 0.313. The molecule has 1 fully saturated rings. The molecule has 0 spiro atoms. The van der Waals surface area contributed by atoms with Crippen molar-refractivity contribution in [2.75, 3.05) is 17.7 Å². The maximum atomic E-state index is 12.1. The first-order chi connectivity index (χ1) is 11.9. The second-order valence-corrected chi connectivity index (χ2v) is 7.54. The summed E-state index contributed by atoms with van der Waals surface area (Å²) in [5.41, 5.74) is 4.30. The summed E-state index contributed by atoms with van der Waals surface area (Å²) in [4.78, 5) is 20.7. The van der Waals surface area contributed by atoms with Crippen molar-refractivity contribution in [3.8, 4) is 0 Å². The lowest BCUT2D eigenvalue weighted by molar-refractivity contribution is -0.0459. The summed E-state index contributed by atoms with van der Waals surface area (Å²) in [6.45, 7) is 3.92. The maximum Gasteiger partial charge on any atom is 0.268 e. The highest BCUT2D eigenvalue weighted by Crippen LogP contribution is 2.45. The molecule has 9 nitrogen and oxygen atoms in total. The minimum absolute atomic E-state index is 0.000266. The van der Waals surface area contributed by atoms with E-state index < -0.39 is 17.9 Å². The number of fused-ring (bicyclic) bond motifs is 1. The number of nitrogen functional groups attached to an aromatic ring is 1. The minimum Gasteiger partial charge on any atom is -0.390 e. The molecule has 140 valence electrons. The molecule has 0 radical (unpaired) electrons. The van der Waals surface area contributed by atoms with E-state index in [1.165, 1.54) is 0 Å². The zero-order valence-corrected chi connectivity index (χ0v) is 15.3. The van der Waals surface area contributed by atoms with Crippen molar-refractivity contribution in [1.82, 2.24) is 15.3 Å². The van der Waals surface area contributed by atoms with Crippen LogP contribution in [0.25, 0.3) is 0 Å². The highest BCUT2D eigenvalue weighted by Gasteiger charge is 2.48. The number of anilines is 2. The van der Waals surface area contributed by atoms with Gasteiger partial charge in [-0.25, -0.2) is 0 Å². The van der Waals surface area contributed by atoms with Crippen LogP contribution in [0.1, 0.15) is 26.7 Å². The van der Waals surface area contributed by atoms with Crippen molar-refractivity contribution in [3.05, 3.63) is 10.4 Å². The minimum atomic E-state index is -1.00. The van der Waals surface area contributed by atoms with Gasteiger partial charge in [-0.15, -0.1) is 0 Å². The average molecular weight is 371 g/mol. The molecule has 2 aliphatic rings. The number of aromatic nitrogens is 2. The third-order valence-electron chi connectivity index (χ3n) is 4.99. The van der Waals surface area contributed by atoms with Crippen molar-refractivity contribution in [2.24, 2.45) is 5.92 Å². The second-order valence-electron chi connectivity index (χ2n) is 6.47. The van der Waals surface area contributed by atoms with Crippen LogP contribution in [0.15, 0.2) is 9.69 Å². The number of ether oxygens (including phenoxy) is 1. The number of nitrogens with one attached hydrogen (secondary N) is 2. The molecule has 2 unspecified atom stereocenters. The average Bonchev–Trinajstić information content (AvgIpc) is 3.14. The monoisotopic (exact) mass is 371 g/mol. The maximum absolute atomic E-state index is 12.1. The van der Waals surface area contributed by atoms with E-state index in [0.29, 0.717) is 23.6 Å². The van der Waals surface area contributed by atoms with E-state index in [0.717, 1.165) is 11.8 Å². The first kappa shape index (κ1) is 18.5. The zero-order chi connectivity index (χ0) is 18.3. The van der Waals surface area contributed by atoms with Gasteiger partial charge in [-0.3, -0.25) is 14.7 Å². The van der Waals surface area contributed by atoms with Gasteiger partial charge in [0, 0.05) is 12.0 Å². The summed E-state index contributed by atoms with van der Waals surface area (Å²) in [6.07, 6.45) is -0.219. The van der Waals surface area contributed by atoms with Gasteiger partial charge in [0.2, 0.25) is 5.95 Å². The Kier molecular flexibility index (Phi) is 5.26. The molecule has 10 heteroatoms. The Morgan fingerprint density at radius 3 is 2.96 bits per heavy atom. The highest BCUT2D eigenvalue weighted by molar-refractivity contribution is 8.00. The number of aromatic amines is 1. The van der Waals surface area contributed by atoms with Crippen LogP contribution in [0.5, 0.6) is 0 Å². The lowest BCUT2D eigenvalue weighted by Crippen LogP contribution is -2.48. The SMILES string of the molecule is CC[C@H](O)C1C[C@@H]([C@@H](C)NC)[C@H](N2c3nc(N)[nH]c(=O)c3SC2O)O1. The Morgan fingerprint density at radius 2 is 2.32 bits per heavy atom. The molecule has 2 aliphatic heterocycles. The van der Waals surface area contributed by atoms with Crippen LogP contribution in [-0.2, 0) is 4.74 Å². The number of hydrogen-bond acceptors (Lipinski definition) is 9. The largest absolute Gasteiger partial charge is 0.390 e. The molecular formula is C15H25N5O4S. The van der Waals surface area contributed by atoms with Gasteiger partial charge in [-0.2, -0.15) is 4.98 Å². The number of hydrogen-bond donors (Lipinski definition) is 5. The predicted octanol–water partition coefficient (Wildman–Crippen LogP) is -0.350. The topological polar surface area (TPSA) is 137 Å². The fraction of sp³-hybridized carbons (Fsp3) is 0.733. The van der Waals surface area contributed by atoms with Crippen molar-refractivity contribution in [1.29, 1.82) is 0 Å². The van der Waals surface area contributed by atoms with Crippen molar-refractivity contribution >= 4 is 23.5 Å². The Balaban J connectivity index is 1.97. The van der Waals surface area contributed by atoms with Crippen LogP contribution in [0.4, 0.5) is 11.8 Å². The van der Waals surface area contributed by atoms with Gasteiger partial charge in [0.25, 0.3) is 5.56 Å². The van der Waals surface area contributed by atoms with E-state index >= 15 is 0 Å². The molecule has 3 rings (SSSR count). The van der Waals surface area contributed by atoms with Crippen molar-refractivity contribution in [3.63, 3.8) is 0 Å². The smallest absolute Gasteiger partial charge is 0.268 e.